The molecule has 0 aliphatic carbocycles. The number of anilines is 1. The predicted molar refractivity (Wildman–Crippen MR) is 66.0 cm³/mol. The largest absolute Gasteiger partial charge is 0.481 e. The first kappa shape index (κ1) is 13.0. The van der Waals surface area contributed by atoms with Gasteiger partial charge in [0.25, 0.3) is 0 Å². The molecule has 0 aliphatic heterocycles. The zero-order valence-electron chi connectivity index (χ0n) is 10.1. The molecule has 1 aromatic rings. The Bertz CT molecular complexity index is 449. The molecular weight excluding hydrogens is 216 g/mol. The molecule has 1 rings (SSSR count). The Kier molecular flexibility index (Phi) is 4.53. The highest BCUT2D eigenvalue weighted by molar-refractivity contribution is 5.67. The van der Waals surface area contributed by atoms with Crippen LogP contribution >= 0.6 is 0 Å². The van der Waals surface area contributed by atoms with Crippen LogP contribution in [-0.2, 0) is 4.79 Å². The van der Waals surface area contributed by atoms with Crippen LogP contribution in [0.25, 0.3) is 0 Å². The molecule has 0 amide bonds. The maximum atomic E-state index is 10.5. The number of nitriles is 1. The molecule has 17 heavy (non-hydrogen) atoms. The van der Waals surface area contributed by atoms with Crippen LogP contribution in [0.1, 0.15) is 24.5 Å². The second kappa shape index (κ2) is 5.90. The quantitative estimate of drug-likeness (QED) is 0.845. The van der Waals surface area contributed by atoms with Crippen molar-refractivity contribution in [3.8, 4) is 6.07 Å². The predicted octanol–water partition coefficient (Wildman–Crippen LogP) is 2.17. The van der Waals surface area contributed by atoms with Gasteiger partial charge < -0.3 is 10.0 Å². The summed E-state index contributed by atoms with van der Waals surface area (Å²) in [5.74, 6) is -0.797. The van der Waals surface area contributed by atoms with E-state index in [4.69, 9.17) is 10.4 Å². The van der Waals surface area contributed by atoms with Crippen molar-refractivity contribution in [3.63, 3.8) is 0 Å². The minimum Gasteiger partial charge on any atom is -0.481 e. The number of rotatable bonds is 5. The molecule has 0 unspecified atom stereocenters. The zero-order valence-corrected chi connectivity index (χ0v) is 10.1. The monoisotopic (exact) mass is 232 g/mol. The van der Waals surface area contributed by atoms with E-state index in [9.17, 15) is 4.79 Å². The molecule has 1 aromatic carbocycles. The lowest BCUT2D eigenvalue weighted by molar-refractivity contribution is -0.136. The summed E-state index contributed by atoms with van der Waals surface area (Å²) in [5.41, 5.74) is 2.53. The average molecular weight is 232 g/mol. The van der Waals surface area contributed by atoms with Gasteiger partial charge in [-0.2, -0.15) is 5.26 Å². The van der Waals surface area contributed by atoms with Crippen molar-refractivity contribution >= 4 is 11.7 Å². The smallest absolute Gasteiger partial charge is 0.305 e. The Balaban J connectivity index is 2.86. The van der Waals surface area contributed by atoms with E-state index in [2.05, 4.69) is 6.07 Å². The molecule has 0 saturated heterocycles. The third kappa shape index (κ3) is 3.49. The van der Waals surface area contributed by atoms with Gasteiger partial charge in [-0.05, 0) is 37.6 Å². The SMILES string of the molecule is CCN(CCC(=O)O)c1ccc(C#N)c(C)c1. The molecule has 0 spiro atoms. The summed E-state index contributed by atoms with van der Waals surface area (Å²) in [7, 11) is 0. The zero-order chi connectivity index (χ0) is 12.8. The Labute approximate surface area is 101 Å². The average Bonchev–Trinajstić information content (AvgIpc) is 2.29. The maximum absolute atomic E-state index is 10.5. The molecule has 0 heterocycles. The van der Waals surface area contributed by atoms with Crippen LogP contribution in [0.15, 0.2) is 18.2 Å². The topological polar surface area (TPSA) is 64.3 Å². The van der Waals surface area contributed by atoms with Gasteiger partial charge in [-0.15, -0.1) is 0 Å². The van der Waals surface area contributed by atoms with Gasteiger partial charge in [0.05, 0.1) is 18.1 Å². The van der Waals surface area contributed by atoms with Gasteiger partial charge in [0.1, 0.15) is 0 Å². The highest BCUT2D eigenvalue weighted by Gasteiger charge is 2.08. The molecule has 0 radical (unpaired) electrons. The maximum Gasteiger partial charge on any atom is 0.305 e. The second-order valence-electron chi connectivity index (χ2n) is 3.83. The molecular formula is C13H16N2O2. The summed E-state index contributed by atoms with van der Waals surface area (Å²) in [6, 6.07) is 7.67. The van der Waals surface area contributed by atoms with Gasteiger partial charge in [-0.3, -0.25) is 4.79 Å². The highest BCUT2D eigenvalue weighted by Crippen LogP contribution is 2.18. The molecule has 0 saturated carbocycles. The van der Waals surface area contributed by atoms with E-state index >= 15 is 0 Å². The molecule has 4 nitrogen and oxygen atoms in total. The van der Waals surface area contributed by atoms with Crippen molar-refractivity contribution in [1.29, 1.82) is 5.26 Å². The fourth-order valence-electron chi connectivity index (χ4n) is 1.67. The number of hydrogen-bond acceptors (Lipinski definition) is 3. The van der Waals surface area contributed by atoms with Crippen molar-refractivity contribution in [2.24, 2.45) is 0 Å². The van der Waals surface area contributed by atoms with Gasteiger partial charge in [-0.1, -0.05) is 0 Å². The van der Waals surface area contributed by atoms with Gasteiger partial charge in [0.2, 0.25) is 0 Å². The number of benzene rings is 1. The van der Waals surface area contributed by atoms with Gasteiger partial charge in [0, 0.05) is 18.8 Å². The van der Waals surface area contributed by atoms with E-state index in [0.29, 0.717) is 12.1 Å². The van der Waals surface area contributed by atoms with Gasteiger partial charge >= 0.3 is 5.97 Å². The lowest BCUT2D eigenvalue weighted by Crippen LogP contribution is -2.25. The molecule has 0 aromatic heterocycles. The second-order valence-corrected chi connectivity index (χ2v) is 3.83. The number of carboxylic acids is 1. The first-order chi connectivity index (χ1) is 8.08. The third-order valence-electron chi connectivity index (χ3n) is 2.67. The van der Waals surface area contributed by atoms with Crippen LogP contribution in [-0.4, -0.2) is 24.2 Å². The summed E-state index contributed by atoms with van der Waals surface area (Å²) < 4.78 is 0. The van der Waals surface area contributed by atoms with Crippen molar-refractivity contribution in [3.05, 3.63) is 29.3 Å². The molecule has 0 fully saturated rings. The van der Waals surface area contributed by atoms with E-state index in [1.807, 2.05) is 30.9 Å². The summed E-state index contributed by atoms with van der Waals surface area (Å²) in [6.45, 7) is 5.10. The number of hydrogen-bond donors (Lipinski definition) is 1. The standard InChI is InChI=1S/C13H16N2O2/c1-3-15(7-6-13(16)17)12-5-4-11(9-14)10(2)8-12/h4-5,8H,3,6-7H2,1-2H3,(H,16,17). The first-order valence-corrected chi connectivity index (χ1v) is 5.56. The number of nitrogens with zero attached hydrogens (tertiary/aromatic N) is 2. The number of aliphatic carboxylic acids is 1. The van der Waals surface area contributed by atoms with Crippen molar-refractivity contribution in [1.82, 2.24) is 0 Å². The minimum absolute atomic E-state index is 0.118. The fourth-order valence-corrected chi connectivity index (χ4v) is 1.67. The van der Waals surface area contributed by atoms with E-state index < -0.39 is 5.97 Å². The van der Waals surface area contributed by atoms with E-state index in [-0.39, 0.29) is 6.42 Å². The minimum atomic E-state index is -0.797. The summed E-state index contributed by atoms with van der Waals surface area (Å²) in [6.07, 6.45) is 0.118. The molecule has 90 valence electrons. The van der Waals surface area contributed by atoms with Crippen LogP contribution < -0.4 is 4.90 Å². The van der Waals surface area contributed by atoms with Crippen molar-refractivity contribution in [2.45, 2.75) is 20.3 Å². The highest BCUT2D eigenvalue weighted by atomic mass is 16.4. The fraction of sp³-hybridized carbons (Fsp3) is 0.385. The normalized spacial score (nSPS) is 9.71. The molecule has 0 aliphatic rings. The number of carbonyl (C=O) groups is 1. The summed E-state index contributed by atoms with van der Waals surface area (Å²) >= 11 is 0. The van der Waals surface area contributed by atoms with Crippen LogP contribution in [0, 0.1) is 18.3 Å². The Hall–Kier alpha value is -2.02. The number of carboxylic acid groups (broad SMARTS) is 1. The number of aryl methyl sites for hydroxylation is 1. The van der Waals surface area contributed by atoms with Crippen LogP contribution in [0.4, 0.5) is 5.69 Å². The van der Waals surface area contributed by atoms with Crippen LogP contribution in [0.2, 0.25) is 0 Å². The van der Waals surface area contributed by atoms with E-state index in [0.717, 1.165) is 17.8 Å². The molecule has 1 N–H and O–H groups in total. The van der Waals surface area contributed by atoms with Crippen LogP contribution in [0.5, 0.6) is 0 Å². The van der Waals surface area contributed by atoms with Gasteiger partial charge in [-0.25, -0.2) is 0 Å². The van der Waals surface area contributed by atoms with Crippen LogP contribution in [0.3, 0.4) is 0 Å². The lowest BCUT2D eigenvalue weighted by Gasteiger charge is -2.22. The van der Waals surface area contributed by atoms with Gasteiger partial charge in [0.15, 0.2) is 0 Å². The lowest BCUT2D eigenvalue weighted by atomic mass is 10.1. The molecule has 0 atom stereocenters. The molecule has 4 heteroatoms. The first-order valence-electron chi connectivity index (χ1n) is 5.56. The van der Waals surface area contributed by atoms with Crippen molar-refractivity contribution in [2.75, 3.05) is 18.0 Å². The van der Waals surface area contributed by atoms with E-state index in [1.54, 1.807) is 6.07 Å². The Morgan fingerprint density at radius 2 is 2.24 bits per heavy atom. The Morgan fingerprint density at radius 1 is 1.53 bits per heavy atom. The third-order valence-corrected chi connectivity index (χ3v) is 2.67. The molecule has 0 bridgehead atoms. The van der Waals surface area contributed by atoms with Crippen molar-refractivity contribution < 1.29 is 9.90 Å². The summed E-state index contributed by atoms with van der Waals surface area (Å²) in [4.78, 5) is 12.5. The Morgan fingerprint density at radius 3 is 2.71 bits per heavy atom. The van der Waals surface area contributed by atoms with E-state index in [1.165, 1.54) is 0 Å². The summed E-state index contributed by atoms with van der Waals surface area (Å²) in [5, 5.41) is 17.5.